The minimum Gasteiger partial charge on any atom is -0.467 e. The Kier molecular flexibility index (Phi) is 5.40. The molecule has 1 aliphatic heterocycles. The zero-order valence-corrected chi connectivity index (χ0v) is 16.4. The summed E-state index contributed by atoms with van der Waals surface area (Å²) in [5.74, 6) is 1.73. The average Bonchev–Trinajstić information content (AvgIpc) is 3.47. The number of furan rings is 1. The summed E-state index contributed by atoms with van der Waals surface area (Å²) >= 11 is 2.94. The predicted molar refractivity (Wildman–Crippen MR) is 105 cm³/mol. The Labute approximate surface area is 164 Å². The van der Waals surface area contributed by atoms with Gasteiger partial charge in [0.25, 0.3) is 5.91 Å². The zero-order chi connectivity index (χ0) is 18.6. The summed E-state index contributed by atoms with van der Waals surface area (Å²) in [6.07, 6.45) is 4.12. The van der Waals surface area contributed by atoms with Gasteiger partial charge in [-0.2, -0.15) is 5.10 Å². The molecule has 0 spiro atoms. The Morgan fingerprint density at radius 3 is 3.11 bits per heavy atom. The van der Waals surface area contributed by atoms with Crippen LogP contribution in [-0.2, 0) is 11.2 Å². The van der Waals surface area contributed by atoms with Crippen molar-refractivity contribution in [3.05, 3.63) is 52.4 Å². The maximum absolute atomic E-state index is 12.9. The number of thioether (sulfide) groups is 1. The second-order valence-corrected chi connectivity index (χ2v) is 7.99. The van der Waals surface area contributed by atoms with Crippen LogP contribution < -0.4 is 0 Å². The fourth-order valence-corrected chi connectivity index (χ4v) is 4.31. The number of carbonyl (C=O) groups is 1. The number of H-pyrrole nitrogens is 1. The summed E-state index contributed by atoms with van der Waals surface area (Å²) in [5, 5.41) is 15.8. The van der Waals surface area contributed by atoms with Crippen LogP contribution in [0.4, 0.5) is 0 Å². The standard InChI is InChI=1S/C18H19N5O2S2/c1-2-5-16-19-18(21-20-16)27-11-17(24)23-13(14-6-3-8-25-14)10-12(22-23)15-7-4-9-26-15/h3-4,6-9,13H,2,5,10-11H2,1H3,(H,19,20,21). The SMILES string of the molecule is CCCc1nc(SCC(=O)N2N=C(c3cccs3)CC2c2ccco2)n[nH]1. The molecule has 3 aromatic rings. The van der Waals surface area contributed by atoms with Gasteiger partial charge in [0.2, 0.25) is 5.16 Å². The third-order valence-corrected chi connectivity index (χ3v) is 5.92. The van der Waals surface area contributed by atoms with Gasteiger partial charge in [-0.25, -0.2) is 9.99 Å². The number of thiophene rings is 1. The summed E-state index contributed by atoms with van der Waals surface area (Å²) in [5.41, 5.74) is 0.910. The van der Waals surface area contributed by atoms with E-state index in [9.17, 15) is 4.79 Å². The van der Waals surface area contributed by atoms with Crippen LogP contribution in [0.1, 0.15) is 42.3 Å². The van der Waals surface area contributed by atoms with Crippen LogP contribution in [-0.4, -0.2) is 37.6 Å². The van der Waals surface area contributed by atoms with Gasteiger partial charge in [-0.05, 0) is 30.0 Å². The fourth-order valence-electron chi connectivity index (χ4n) is 2.92. The van der Waals surface area contributed by atoms with E-state index in [1.807, 2.05) is 29.6 Å². The van der Waals surface area contributed by atoms with Crippen LogP contribution in [0.2, 0.25) is 0 Å². The zero-order valence-electron chi connectivity index (χ0n) is 14.8. The molecule has 0 aromatic carbocycles. The lowest BCUT2D eigenvalue weighted by Gasteiger charge is -2.19. The highest BCUT2D eigenvalue weighted by atomic mass is 32.2. The van der Waals surface area contributed by atoms with E-state index in [1.165, 1.54) is 11.8 Å². The third-order valence-electron chi connectivity index (χ3n) is 4.17. The lowest BCUT2D eigenvalue weighted by atomic mass is 10.1. The van der Waals surface area contributed by atoms with Crippen LogP contribution in [0, 0.1) is 0 Å². The number of aromatic nitrogens is 3. The lowest BCUT2D eigenvalue weighted by molar-refractivity contribution is -0.130. The molecule has 9 heteroatoms. The number of aromatic amines is 1. The van der Waals surface area contributed by atoms with E-state index in [2.05, 4.69) is 27.2 Å². The molecule has 1 N–H and O–H groups in total. The summed E-state index contributed by atoms with van der Waals surface area (Å²) in [4.78, 5) is 18.3. The van der Waals surface area contributed by atoms with E-state index in [0.717, 1.165) is 35.0 Å². The average molecular weight is 402 g/mol. The number of amides is 1. The number of carbonyl (C=O) groups excluding carboxylic acids is 1. The highest BCUT2D eigenvalue weighted by Gasteiger charge is 2.35. The summed E-state index contributed by atoms with van der Waals surface area (Å²) in [6, 6.07) is 7.51. The molecule has 4 heterocycles. The van der Waals surface area contributed by atoms with E-state index >= 15 is 0 Å². The van der Waals surface area contributed by atoms with Crippen LogP contribution in [0.5, 0.6) is 0 Å². The van der Waals surface area contributed by atoms with E-state index in [1.54, 1.807) is 22.6 Å². The molecular formula is C18H19N5O2S2. The molecule has 27 heavy (non-hydrogen) atoms. The van der Waals surface area contributed by atoms with Crippen molar-refractivity contribution in [1.29, 1.82) is 0 Å². The van der Waals surface area contributed by atoms with Crippen molar-refractivity contribution in [2.24, 2.45) is 5.10 Å². The van der Waals surface area contributed by atoms with Crippen LogP contribution in [0.3, 0.4) is 0 Å². The molecule has 0 saturated carbocycles. The highest BCUT2D eigenvalue weighted by Crippen LogP contribution is 2.34. The maximum atomic E-state index is 12.9. The van der Waals surface area contributed by atoms with Crippen molar-refractivity contribution in [2.75, 3.05) is 5.75 Å². The topological polar surface area (TPSA) is 87.4 Å². The number of hydrogen-bond donors (Lipinski definition) is 1. The van der Waals surface area contributed by atoms with Gasteiger partial charge < -0.3 is 4.42 Å². The number of hydrogen-bond acceptors (Lipinski definition) is 7. The third kappa shape index (κ3) is 3.98. The summed E-state index contributed by atoms with van der Waals surface area (Å²) in [6.45, 7) is 2.09. The molecule has 0 radical (unpaired) electrons. The van der Waals surface area contributed by atoms with Gasteiger partial charge in [0.05, 0.1) is 22.6 Å². The second-order valence-electron chi connectivity index (χ2n) is 6.10. The first kappa shape index (κ1) is 18.0. The fraction of sp³-hybridized carbons (Fsp3) is 0.333. The number of nitrogens with one attached hydrogen (secondary N) is 1. The van der Waals surface area contributed by atoms with Gasteiger partial charge in [0.15, 0.2) is 0 Å². The van der Waals surface area contributed by atoms with Gasteiger partial charge in [0, 0.05) is 12.8 Å². The smallest absolute Gasteiger partial charge is 0.253 e. The molecule has 0 aliphatic carbocycles. The summed E-state index contributed by atoms with van der Waals surface area (Å²) < 4.78 is 5.56. The van der Waals surface area contributed by atoms with Crippen molar-refractivity contribution < 1.29 is 9.21 Å². The van der Waals surface area contributed by atoms with Crippen molar-refractivity contribution in [3.63, 3.8) is 0 Å². The molecule has 1 unspecified atom stereocenters. The molecular weight excluding hydrogens is 382 g/mol. The molecule has 1 amide bonds. The van der Waals surface area contributed by atoms with Crippen LogP contribution >= 0.6 is 23.1 Å². The monoisotopic (exact) mass is 401 g/mol. The Morgan fingerprint density at radius 2 is 2.37 bits per heavy atom. The minimum absolute atomic E-state index is 0.0882. The highest BCUT2D eigenvalue weighted by molar-refractivity contribution is 7.99. The van der Waals surface area contributed by atoms with Crippen LogP contribution in [0.25, 0.3) is 0 Å². The maximum Gasteiger partial charge on any atom is 0.253 e. The first-order chi connectivity index (χ1) is 13.2. The van der Waals surface area contributed by atoms with E-state index < -0.39 is 0 Å². The second kappa shape index (κ2) is 8.10. The van der Waals surface area contributed by atoms with E-state index in [4.69, 9.17) is 4.42 Å². The van der Waals surface area contributed by atoms with E-state index in [-0.39, 0.29) is 17.7 Å². The normalized spacial score (nSPS) is 16.7. The first-order valence-electron chi connectivity index (χ1n) is 8.75. The Balaban J connectivity index is 1.48. The number of rotatable bonds is 7. The molecule has 7 nitrogen and oxygen atoms in total. The van der Waals surface area contributed by atoms with Crippen molar-refractivity contribution in [2.45, 2.75) is 37.4 Å². The largest absolute Gasteiger partial charge is 0.467 e. The molecule has 1 atom stereocenters. The van der Waals surface area contributed by atoms with Gasteiger partial charge in [-0.3, -0.25) is 9.89 Å². The Hall–Kier alpha value is -2.39. The molecule has 1 aliphatic rings. The minimum atomic E-state index is -0.215. The molecule has 0 bridgehead atoms. The molecule has 140 valence electrons. The summed E-state index contributed by atoms with van der Waals surface area (Å²) in [7, 11) is 0. The number of aryl methyl sites for hydroxylation is 1. The Bertz CT molecular complexity index is 918. The van der Waals surface area contributed by atoms with Gasteiger partial charge >= 0.3 is 0 Å². The lowest BCUT2D eigenvalue weighted by Crippen LogP contribution is -2.28. The first-order valence-corrected chi connectivity index (χ1v) is 10.6. The van der Waals surface area contributed by atoms with Crippen LogP contribution in [0.15, 0.2) is 50.6 Å². The van der Waals surface area contributed by atoms with E-state index in [0.29, 0.717) is 11.6 Å². The van der Waals surface area contributed by atoms with Gasteiger partial charge in [-0.1, -0.05) is 24.8 Å². The number of nitrogens with zero attached hydrogens (tertiary/aromatic N) is 4. The van der Waals surface area contributed by atoms with Gasteiger partial charge in [-0.15, -0.1) is 16.4 Å². The van der Waals surface area contributed by atoms with Crippen molar-refractivity contribution >= 4 is 34.7 Å². The molecule has 0 saturated heterocycles. The van der Waals surface area contributed by atoms with Crippen molar-refractivity contribution in [3.8, 4) is 0 Å². The van der Waals surface area contributed by atoms with Gasteiger partial charge in [0.1, 0.15) is 17.6 Å². The molecule has 0 fully saturated rings. The quantitative estimate of drug-likeness (QED) is 0.607. The number of hydrazone groups is 1. The van der Waals surface area contributed by atoms with Crippen molar-refractivity contribution in [1.82, 2.24) is 20.2 Å². The predicted octanol–water partition coefficient (Wildman–Crippen LogP) is 3.88. The molecule has 3 aromatic heterocycles. The molecule has 4 rings (SSSR count). The Morgan fingerprint density at radius 1 is 1.44 bits per heavy atom.